The molecule has 0 radical (unpaired) electrons. The van der Waals surface area contributed by atoms with E-state index < -0.39 is 0 Å². The molecule has 0 bridgehead atoms. The summed E-state index contributed by atoms with van der Waals surface area (Å²) in [7, 11) is 0. The number of aromatic amines is 2. The van der Waals surface area contributed by atoms with Crippen molar-refractivity contribution in [2.75, 3.05) is 0 Å². The molecule has 162 valence electrons. The first-order chi connectivity index (χ1) is 16.7. The summed E-state index contributed by atoms with van der Waals surface area (Å²) in [5, 5.41) is 16.6. The number of hydrogen-bond donors (Lipinski definition) is 2. The van der Waals surface area contributed by atoms with Crippen LogP contribution in [0.4, 0.5) is 0 Å². The van der Waals surface area contributed by atoms with Gasteiger partial charge >= 0.3 is 0 Å². The van der Waals surface area contributed by atoms with Gasteiger partial charge in [-0.25, -0.2) is 9.97 Å². The number of benzene rings is 3. The van der Waals surface area contributed by atoms with Crippen LogP contribution in [0.1, 0.15) is 0 Å². The van der Waals surface area contributed by atoms with Gasteiger partial charge in [-0.05, 0) is 54.8 Å². The van der Waals surface area contributed by atoms with E-state index in [9.17, 15) is 0 Å². The van der Waals surface area contributed by atoms with E-state index >= 15 is 0 Å². The summed E-state index contributed by atoms with van der Waals surface area (Å²) < 4.78 is 4.70. The van der Waals surface area contributed by atoms with Crippen molar-refractivity contribution in [1.29, 1.82) is 0 Å². The number of H-pyrrole nitrogens is 2. The Morgan fingerprint density at radius 1 is 0.588 bits per heavy atom. The zero-order chi connectivity index (χ0) is 22.8. The zero-order valence-electron chi connectivity index (χ0n) is 17.4. The number of nitrogens with zero attached hydrogens (tertiary/aromatic N) is 6. The van der Waals surface area contributed by atoms with Gasteiger partial charge in [0.2, 0.25) is 9.54 Å². The van der Waals surface area contributed by atoms with Crippen LogP contribution >= 0.6 is 24.4 Å². The molecule has 0 atom stereocenters. The summed E-state index contributed by atoms with van der Waals surface area (Å²) in [6, 6.07) is 23.8. The van der Waals surface area contributed by atoms with E-state index in [1.807, 2.05) is 81.6 Å². The van der Waals surface area contributed by atoms with E-state index in [1.54, 1.807) is 0 Å². The molecule has 0 aliphatic heterocycles. The quantitative estimate of drug-likeness (QED) is 0.318. The molecule has 0 fully saturated rings. The maximum atomic E-state index is 5.55. The third kappa shape index (κ3) is 2.69. The van der Waals surface area contributed by atoms with E-state index in [2.05, 4.69) is 20.4 Å². The molecule has 0 aliphatic carbocycles. The minimum absolute atomic E-state index is 0.483. The van der Waals surface area contributed by atoms with Crippen LogP contribution in [0.15, 0.2) is 72.8 Å². The molecule has 0 amide bonds. The third-order valence-corrected chi connectivity index (χ3v) is 6.44. The second-order valence-electron chi connectivity index (χ2n) is 7.86. The monoisotopic (exact) mass is 478 g/mol. The highest BCUT2D eigenvalue weighted by Crippen LogP contribution is 2.30. The first-order valence-corrected chi connectivity index (χ1v) is 11.3. The molecular formula is C24H14N8S2. The lowest BCUT2D eigenvalue weighted by molar-refractivity contribution is 1.06. The van der Waals surface area contributed by atoms with Crippen LogP contribution in [0.2, 0.25) is 0 Å². The smallest absolute Gasteiger partial charge is 0.201 e. The Kier molecular flexibility index (Phi) is 4.02. The van der Waals surface area contributed by atoms with Crippen molar-refractivity contribution in [3.8, 4) is 22.8 Å². The van der Waals surface area contributed by atoms with Gasteiger partial charge in [-0.3, -0.25) is 19.0 Å². The molecule has 4 heterocycles. The van der Waals surface area contributed by atoms with Gasteiger partial charge in [-0.1, -0.05) is 42.5 Å². The van der Waals surface area contributed by atoms with Crippen LogP contribution in [0, 0.1) is 9.54 Å². The van der Waals surface area contributed by atoms with Gasteiger partial charge in [0, 0.05) is 21.9 Å². The van der Waals surface area contributed by atoms with Gasteiger partial charge < -0.3 is 0 Å². The van der Waals surface area contributed by atoms with Crippen LogP contribution < -0.4 is 0 Å². The molecule has 7 aromatic rings. The number of para-hydroxylation sites is 2. The van der Waals surface area contributed by atoms with E-state index in [-0.39, 0.29) is 0 Å². The molecular weight excluding hydrogens is 464 g/mol. The summed E-state index contributed by atoms with van der Waals surface area (Å²) in [5.41, 5.74) is 4.91. The summed E-state index contributed by atoms with van der Waals surface area (Å²) in [4.78, 5) is 9.86. The minimum Gasteiger partial charge on any atom is -0.251 e. The summed E-state index contributed by atoms with van der Waals surface area (Å²) in [6.45, 7) is 0. The van der Waals surface area contributed by atoms with Gasteiger partial charge in [-0.2, -0.15) is 10.2 Å². The fourth-order valence-electron chi connectivity index (χ4n) is 4.38. The van der Waals surface area contributed by atoms with Crippen LogP contribution in [-0.4, -0.2) is 39.2 Å². The standard InChI is InChI=1S/C24H14N8S2/c33-23-29-27-21-15-8-1-3-10-17(15)25-19(31(21)23)13-6-5-7-14(12-13)20-26-18-11-4-2-9-16(18)22-28-30-24(34)32(20)22/h1-12H,(H,29,33)(H,30,34). The van der Waals surface area contributed by atoms with Crippen LogP contribution in [0.3, 0.4) is 0 Å². The van der Waals surface area contributed by atoms with Crippen LogP contribution in [-0.2, 0) is 0 Å². The molecule has 4 aromatic heterocycles. The highest BCUT2D eigenvalue weighted by molar-refractivity contribution is 7.71. The Morgan fingerprint density at radius 3 is 1.56 bits per heavy atom. The first-order valence-electron chi connectivity index (χ1n) is 10.5. The van der Waals surface area contributed by atoms with Crippen molar-refractivity contribution in [2.45, 2.75) is 0 Å². The SMILES string of the molecule is S=c1[nH]nc2c3ccccc3nc(-c3cccc(-c4nc5ccccc5c5n[nH]c(=S)n45)c3)n12. The van der Waals surface area contributed by atoms with Crippen molar-refractivity contribution in [3.05, 3.63) is 82.3 Å². The van der Waals surface area contributed by atoms with E-state index in [0.717, 1.165) is 44.2 Å². The van der Waals surface area contributed by atoms with Crippen molar-refractivity contribution in [3.63, 3.8) is 0 Å². The predicted octanol–water partition coefficient (Wildman–Crippen LogP) is 5.53. The molecule has 3 aromatic carbocycles. The second kappa shape index (κ2) is 7.11. The molecule has 2 N–H and O–H groups in total. The average molecular weight is 479 g/mol. The summed E-state index contributed by atoms with van der Waals surface area (Å²) >= 11 is 11.1. The molecule has 7 rings (SSSR count). The van der Waals surface area contributed by atoms with Gasteiger partial charge in [-0.15, -0.1) is 0 Å². The molecule has 8 nitrogen and oxygen atoms in total. The average Bonchev–Trinajstić information content (AvgIpc) is 3.47. The summed E-state index contributed by atoms with van der Waals surface area (Å²) in [5.74, 6) is 1.39. The predicted molar refractivity (Wildman–Crippen MR) is 136 cm³/mol. The fourth-order valence-corrected chi connectivity index (χ4v) is 4.82. The largest absolute Gasteiger partial charge is 0.251 e. The zero-order valence-corrected chi connectivity index (χ0v) is 19.1. The number of rotatable bonds is 2. The molecule has 0 aliphatic rings. The molecule has 0 spiro atoms. The number of nitrogens with one attached hydrogen (secondary N) is 2. The summed E-state index contributed by atoms with van der Waals surface area (Å²) in [6.07, 6.45) is 0. The first kappa shape index (κ1) is 19.2. The van der Waals surface area contributed by atoms with Crippen LogP contribution in [0.25, 0.3) is 55.9 Å². The Bertz CT molecular complexity index is 1890. The van der Waals surface area contributed by atoms with Gasteiger partial charge in [0.05, 0.1) is 11.0 Å². The molecule has 10 heteroatoms. The lowest BCUT2D eigenvalue weighted by atomic mass is 10.1. The highest BCUT2D eigenvalue weighted by atomic mass is 32.1. The van der Waals surface area contributed by atoms with E-state index in [4.69, 9.17) is 34.4 Å². The van der Waals surface area contributed by atoms with E-state index in [0.29, 0.717) is 21.2 Å². The normalized spacial score (nSPS) is 11.8. The number of aromatic nitrogens is 8. The highest BCUT2D eigenvalue weighted by Gasteiger charge is 2.16. The minimum atomic E-state index is 0.483. The number of hydrogen-bond acceptors (Lipinski definition) is 6. The maximum Gasteiger partial charge on any atom is 0.201 e. The van der Waals surface area contributed by atoms with E-state index in [1.165, 1.54) is 0 Å². The lowest BCUT2D eigenvalue weighted by Crippen LogP contribution is -2.00. The van der Waals surface area contributed by atoms with Crippen LogP contribution in [0.5, 0.6) is 0 Å². The van der Waals surface area contributed by atoms with Gasteiger partial charge in [0.15, 0.2) is 11.3 Å². The topological polar surface area (TPSA) is 92.0 Å². The molecule has 0 saturated heterocycles. The Morgan fingerprint density at radius 2 is 1.06 bits per heavy atom. The fraction of sp³-hybridized carbons (Fsp3) is 0. The van der Waals surface area contributed by atoms with Gasteiger partial charge in [0.25, 0.3) is 0 Å². The van der Waals surface area contributed by atoms with Crippen molar-refractivity contribution < 1.29 is 0 Å². The third-order valence-electron chi connectivity index (χ3n) is 5.89. The Labute approximate surface area is 201 Å². The lowest BCUT2D eigenvalue weighted by Gasteiger charge is -2.11. The molecule has 0 unspecified atom stereocenters. The van der Waals surface area contributed by atoms with Gasteiger partial charge in [0.1, 0.15) is 11.6 Å². The number of fused-ring (bicyclic) bond motifs is 6. The van der Waals surface area contributed by atoms with Crippen molar-refractivity contribution in [1.82, 2.24) is 39.2 Å². The molecule has 0 saturated carbocycles. The van der Waals surface area contributed by atoms with Crippen molar-refractivity contribution in [2.24, 2.45) is 0 Å². The Hall–Kier alpha value is -4.28. The second-order valence-corrected chi connectivity index (χ2v) is 8.63. The molecule has 34 heavy (non-hydrogen) atoms. The Balaban J connectivity index is 1.54. The van der Waals surface area contributed by atoms with Crippen molar-refractivity contribution >= 4 is 57.5 Å². The maximum absolute atomic E-state index is 5.55.